The van der Waals surface area contributed by atoms with Crippen LogP contribution in [0, 0.1) is 0 Å². The van der Waals surface area contributed by atoms with Crippen LogP contribution in [0.15, 0.2) is 30.3 Å². The van der Waals surface area contributed by atoms with Crippen molar-refractivity contribution in [3.05, 3.63) is 35.9 Å². The first kappa shape index (κ1) is 15.4. The van der Waals surface area contributed by atoms with Crippen molar-refractivity contribution in [3.63, 3.8) is 0 Å². The first-order valence-corrected chi connectivity index (χ1v) is 6.59. The summed E-state index contributed by atoms with van der Waals surface area (Å²) in [4.78, 5) is 12.1. The number of hydrogen-bond acceptors (Lipinski definition) is 3. The first-order chi connectivity index (χ1) is 8.88. The Bertz CT molecular complexity index is 427. The van der Waals surface area contributed by atoms with Gasteiger partial charge in [0.05, 0.1) is 0 Å². The minimum absolute atomic E-state index is 0.417. The molecule has 1 aromatic carbocycles. The number of rotatable bonds is 4. The molecule has 0 fully saturated rings. The van der Waals surface area contributed by atoms with Crippen LogP contribution < -0.4 is 10.6 Å². The minimum Gasteiger partial charge on any atom is -0.444 e. The van der Waals surface area contributed by atoms with E-state index in [1.807, 2.05) is 51.1 Å². The standard InChI is InChI=1S/C14H20N2O2S/c1-14(2,3)18-13(17)16-10-9-15-12(19)11-7-5-4-6-8-11/h4-8H,9-10H2,1-3H3,(H,15,19)(H,16,17). The third kappa shape index (κ3) is 6.76. The molecule has 0 aliphatic heterocycles. The minimum atomic E-state index is -0.475. The van der Waals surface area contributed by atoms with Gasteiger partial charge in [0.2, 0.25) is 0 Å². The molecule has 0 saturated carbocycles. The maximum atomic E-state index is 11.4. The van der Waals surface area contributed by atoms with E-state index in [1.54, 1.807) is 0 Å². The second-order valence-corrected chi connectivity index (χ2v) is 5.46. The third-order valence-electron chi connectivity index (χ3n) is 2.11. The zero-order valence-electron chi connectivity index (χ0n) is 11.5. The molecule has 0 aliphatic rings. The highest BCUT2D eigenvalue weighted by Gasteiger charge is 2.15. The van der Waals surface area contributed by atoms with E-state index in [2.05, 4.69) is 10.6 Å². The van der Waals surface area contributed by atoms with Gasteiger partial charge in [-0.25, -0.2) is 4.79 Å². The van der Waals surface area contributed by atoms with Crippen LogP contribution in [0.5, 0.6) is 0 Å². The van der Waals surface area contributed by atoms with Gasteiger partial charge in [-0.2, -0.15) is 0 Å². The molecule has 4 nitrogen and oxygen atoms in total. The van der Waals surface area contributed by atoms with Crippen LogP contribution in [-0.2, 0) is 4.74 Å². The number of thiocarbonyl (C=S) groups is 1. The molecule has 0 saturated heterocycles. The van der Waals surface area contributed by atoms with Gasteiger partial charge in [0.1, 0.15) is 10.6 Å². The van der Waals surface area contributed by atoms with Gasteiger partial charge in [0.25, 0.3) is 0 Å². The lowest BCUT2D eigenvalue weighted by molar-refractivity contribution is 0.0529. The fourth-order valence-corrected chi connectivity index (χ4v) is 1.58. The highest BCUT2D eigenvalue weighted by atomic mass is 32.1. The number of nitrogens with one attached hydrogen (secondary N) is 2. The molecule has 0 radical (unpaired) electrons. The van der Waals surface area contributed by atoms with Gasteiger partial charge in [-0.1, -0.05) is 42.5 Å². The van der Waals surface area contributed by atoms with E-state index in [4.69, 9.17) is 17.0 Å². The van der Waals surface area contributed by atoms with Gasteiger partial charge in [0, 0.05) is 18.7 Å². The molecule has 1 amide bonds. The summed E-state index contributed by atoms with van der Waals surface area (Å²) in [5, 5.41) is 5.74. The Kier molecular flexibility index (Phi) is 5.76. The van der Waals surface area contributed by atoms with Crippen molar-refractivity contribution < 1.29 is 9.53 Å². The Balaban J connectivity index is 2.21. The summed E-state index contributed by atoms with van der Waals surface area (Å²) in [6.45, 7) is 6.51. The Morgan fingerprint density at radius 2 is 1.74 bits per heavy atom. The van der Waals surface area contributed by atoms with Crippen molar-refractivity contribution in [1.82, 2.24) is 10.6 Å². The summed E-state index contributed by atoms with van der Waals surface area (Å²) in [5.74, 6) is 0. The molecule has 0 spiro atoms. The van der Waals surface area contributed by atoms with Gasteiger partial charge < -0.3 is 15.4 Å². The lowest BCUT2D eigenvalue weighted by Gasteiger charge is -2.19. The normalized spacial score (nSPS) is 10.7. The van der Waals surface area contributed by atoms with Crippen LogP contribution in [-0.4, -0.2) is 29.8 Å². The summed E-state index contributed by atoms with van der Waals surface area (Å²) in [5.41, 5.74) is 0.492. The number of hydrogen-bond donors (Lipinski definition) is 2. The van der Waals surface area contributed by atoms with E-state index >= 15 is 0 Å². The van der Waals surface area contributed by atoms with Crippen molar-refractivity contribution in [3.8, 4) is 0 Å². The molecular formula is C14H20N2O2S. The van der Waals surface area contributed by atoms with Crippen LogP contribution in [0.3, 0.4) is 0 Å². The predicted octanol–water partition coefficient (Wildman–Crippen LogP) is 2.48. The van der Waals surface area contributed by atoms with Crippen molar-refractivity contribution in [2.24, 2.45) is 0 Å². The van der Waals surface area contributed by atoms with Crippen LogP contribution in [0.25, 0.3) is 0 Å². The summed E-state index contributed by atoms with van der Waals surface area (Å²) < 4.78 is 5.12. The smallest absolute Gasteiger partial charge is 0.407 e. The van der Waals surface area contributed by atoms with E-state index < -0.39 is 11.7 Å². The molecular weight excluding hydrogens is 260 g/mol. The highest BCUT2D eigenvalue weighted by molar-refractivity contribution is 7.80. The van der Waals surface area contributed by atoms with Crippen molar-refractivity contribution in [1.29, 1.82) is 0 Å². The van der Waals surface area contributed by atoms with Gasteiger partial charge in [-0.15, -0.1) is 0 Å². The number of alkyl carbamates (subject to hydrolysis) is 1. The lowest BCUT2D eigenvalue weighted by atomic mass is 10.2. The van der Waals surface area contributed by atoms with E-state index in [1.165, 1.54) is 0 Å². The second kappa shape index (κ2) is 7.09. The quantitative estimate of drug-likeness (QED) is 0.657. The summed E-state index contributed by atoms with van der Waals surface area (Å²) in [7, 11) is 0. The Labute approximate surface area is 119 Å². The molecule has 2 N–H and O–H groups in total. The van der Waals surface area contributed by atoms with E-state index in [0.717, 1.165) is 5.56 Å². The molecule has 19 heavy (non-hydrogen) atoms. The zero-order chi connectivity index (χ0) is 14.3. The third-order valence-corrected chi connectivity index (χ3v) is 2.49. The topological polar surface area (TPSA) is 50.4 Å². The largest absolute Gasteiger partial charge is 0.444 e. The SMILES string of the molecule is CC(C)(C)OC(=O)NCCNC(=S)c1ccccc1. The van der Waals surface area contributed by atoms with Crippen LogP contribution in [0.4, 0.5) is 4.79 Å². The number of carbonyl (C=O) groups excluding carboxylic acids is 1. The lowest BCUT2D eigenvalue weighted by Crippen LogP contribution is -2.37. The molecule has 104 valence electrons. The molecule has 0 unspecified atom stereocenters. The Hall–Kier alpha value is -1.62. The van der Waals surface area contributed by atoms with Crippen molar-refractivity contribution in [2.75, 3.05) is 13.1 Å². The fraction of sp³-hybridized carbons (Fsp3) is 0.429. The van der Waals surface area contributed by atoms with E-state index in [-0.39, 0.29) is 0 Å². The second-order valence-electron chi connectivity index (χ2n) is 5.05. The van der Waals surface area contributed by atoms with Gasteiger partial charge >= 0.3 is 6.09 Å². The molecule has 1 aromatic rings. The maximum Gasteiger partial charge on any atom is 0.407 e. The number of carbonyl (C=O) groups is 1. The molecule has 0 bridgehead atoms. The molecule has 5 heteroatoms. The van der Waals surface area contributed by atoms with Crippen molar-refractivity contribution >= 4 is 23.3 Å². The van der Waals surface area contributed by atoms with Crippen LogP contribution in [0.1, 0.15) is 26.3 Å². The average molecular weight is 280 g/mol. The van der Waals surface area contributed by atoms with Crippen LogP contribution >= 0.6 is 12.2 Å². The van der Waals surface area contributed by atoms with Crippen molar-refractivity contribution in [2.45, 2.75) is 26.4 Å². The van der Waals surface area contributed by atoms with Crippen LogP contribution in [0.2, 0.25) is 0 Å². The Morgan fingerprint density at radius 3 is 2.32 bits per heavy atom. The molecule has 0 aromatic heterocycles. The van der Waals surface area contributed by atoms with Gasteiger partial charge in [-0.3, -0.25) is 0 Å². The Morgan fingerprint density at radius 1 is 1.16 bits per heavy atom. The summed E-state index contributed by atoms with van der Waals surface area (Å²) in [6.07, 6.45) is -0.417. The number of amides is 1. The monoisotopic (exact) mass is 280 g/mol. The summed E-state index contributed by atoms with van der Waals surface area (Å²) in [6, 6.07) is 9.69. The molecule has 1 rings (SSSR count). The number of ether oxygens (including phenoxy) is 1. The highest BCUT2D eigenvalue weighted by Crippen LogP contribution is 2.06. The predicted molar refractivity (Wildman–Crippen MR) is 80.4 cm³/mol. The summed E-state index contributed by atoms with van der Waals surface area (Å²) >= 11 is 5.23. The fourth-order valence-electron chi connectivity index (χ4n) is 1.35. The van der Waals surface area contributed by atoms with Gasteiger partial charge in [0.15, 0.2) is 0 Å². The first-order valence-electron chi connectivity index (χ1n) is 6.18. The molecule has 0 aliphatic carbocycles. The van der Waals surface area contributed by atoms with Gasteiger partial charge in [-0.05, 0) is 20.8 Å². The molecule has 0 atom stereocenters. The molecule has 0 heterocycles. The van der Waals surface area contributed by atoms with E-state index in [9.17, 15) is 4.79 Å². The van der Waals surface area contributed by atoms with E-state index in [0.29, 0.717) is 18.1 Å². The average Bonchev–Trinajstić information content (AvgIpc) is 2.33. The maximum absolute atomic E-state index is 11.4. The number of benzene rings is 1. The zero-order valence-corrected chi connectivity index (χ0v) is 12.3.